The van der Waals surface area contributed by atoms with Gasteiger partial charge in [-0.3, -0.25) is 0 Å². The lowest BCUT2D eigenvalue weighted by Crippen LogP contribution is -2.01. The highest BCUT2D eigenvalue weighted by Gasteiger charge is 1.95. The van der Waals surface area contributed by atoms with Crippen LogP contribution in [0.15, 0.2) is 24.3 Å². The molecule has 8 heavy (non-hydrogen) atoms. The highest BCUT2D eigenvalue weighted by molar-refractivity contribution is 5.09. The van der Waals surface area contributed by atoms with Crippen LogP contribution >= 0.6 is 0 Å². The van der Waals surface area contributed by atoms with Crippen molar-refractivity contribution in [2.45, 2.75) is 20.0 Å². The molecule has 0 amide bonds. The molecular formula is C7H12O. The van der Waals surface area contributed by atoms with E-state index in [4.69, 9.17) is 5.11 Å². The van der Waals surface area contributed by atoms with Crippen molar-refractivity contribution in [3.05, 3.63) is 24.3 Å². The van der Waals surface area contributed by atoms with Gasteiger partial charge in [0.15, 0.2) is 0 Å². The minimum Gasteiger partial charge on any atom is -0.385 e. The third kappa shape index (κ3) is 1.94. The topological polar surface area (TPSA) is 20.2 Å². The quantitative estimate of drug-likeness (QED) is 0.537. The van der Waals surface area contributed by atoms with Gasteiger partial charge in [-0.2, -0.15) is 0 Å². The summed E-state index contributed by atoms with van der Waals surface area (Å²) in [5, 5.41) is 8.94. The molecule has 0 aliphatic heterocycles. The van der Waals surface area contributed by atoms with Crippen LogP contribution in [0.2, 0.25) is 0 Å². The second-order valence-corrected chi connectivity index (χ2v) is 1.71. The van der Waals surface area contributed by atoms with E-state index in [2.05, 4.69) is 6.58 Å². The molecule has 1 atom stereocenters. The summed E-state index contributed by atoms with van der Waals surface area (Å²) in [7, 11) is 0. The smallest absolute Gasteiger partial charge is 0.0926 e. The number of aliphatic hydroxyl groups is 1. The first kappa shape index (κ1) is 7.44. The van der Waals surface area contributed by atoms with E-state index in [9.17, 15) is 0 Å². The van der Waals surface area contributed by atoms with Gasteiger partial charge in [0.05, 0.1) is 6.10 Å². The SMILES string of the molecule is C=CC(O)/C(C)=C\C. The largest absolute Gasteiger partial charge is 0.385 e. The molecule has 1 nitrogen and oxygen atoms in total. The molecule has 1 N–H and O–H groups in total. The van der Waals surface area contributed by atoms with Gasteiger partial charge in [-0.1, -0.05) is 12.2 Å². The molecule has 0 bridgehead atoms. The van der Waals surface area contributed by atoms with Crippen LogP contribution < -0.4 is 0 Å². The van der Waals surface area contributed by atoms with E-state index in [0.29, 0.717) is 0 Å². The van der Waals surface area contributed by atoms with Crippen molar-refractivity contribution in [3.63, 3.8) is 0 Å². The van der Waals surface area contributed by atoms with Crippen molar-refractivity contribution in [3.8, 4) is 0 Å². The van der Waals surface area contributed by atoms with Crippen molar-refractivity contribution >= 4 is 0 Å². The van der Waals surface area contributed by atoms with Crippen molar-refractivity contribution in [1.29, 1.82) is 0 Å². The number of aliphatic hydroxyl groups excluding tert-OH is 1. The molecule has 0 radical (unpaired) electrons. The molecule has 0 aromatic carbocycles. The Morgan fingerprint density at radius 1 is 1.75 bits per heavy atom. The zero-order valence-corrected chi connectivity index (χ0v) is 5.39. The first-order valence-corrected chi connectivity index (χ1v) is 2.65. The van der Waals surface area contributed by atoms with Crippen LogP contribution in [-0.4, -0.2) is 11.2 Å². The van der Waals surface area contributed by atoms with Crippen LogP contribution in [0.25, 0.3) is 0 Å². The first-order chi connectivity index (χ1) is 3.72. The Bertz CT molecular complexity index is 103. The molecule has 0 rings (SSSR count). The first-order valence-electron chi connectivity index (χ1n) is 2.65. The van der Waals surface area contributed by atoms with E-state index in [-0.39, 0.29) is 0 Å². The summed E-state index contributed by atoms with van der Waals surface area (Å²) in [6, 6.07) is 0. The van der Waals surface area contributed by atoms with Gasteiger partial charge in [-0.25, -0.2) is 0 Å². The highest BCUT2D eigenvalue weighted by atomic mass is 16.3. The fraction of sp³-hybridized carbons (Fsp3) is 0.429. The normalized spacial score (nSPS) is 15.6. The van der Waals surface area contributed by atoms with Gasteiger partial charge in [0.2, 0.25) is 0 Å². The molecule has 0 saturated heterocycles. The summed E-state index contributed by atoms with van der Waals surface area (Å²) >= 11 is 0. The molecule has 0 saturated carbocycles. The minimum atomic E-state index is -0.458. The zero-order chi connectivity index (χ0) is 6.57. The Morgan fingerprint density at radius 2 is 2.25 bits per heavy atom. The summed E-state index contributed by atoms with van der Waals surface area (Å²) in [5.74, 6) is 0. The fourth-order valence-electron chi connectivity index (χ4n) is 0.357. The standard InChI is InChI=1S/C7H12O/c1-4-6(3)7(8)5-2/h4-5,7-8H,2H2,1,3H3/b6-4-. The van der Waals surface area contributed by atoms with Gasteiger partial charge in [-0.15, -0.1) is 6.58 Å². The zero-order valence-electron chi connectivity index (χ0n) is 5.39. The van der Waals surface area contributed by atoms with E-state index in [1.54, 1.807) is 0 Å². The molecule has 0 aliphatic carbocycles. The molecule has 0 aromatic heterocycles. The molecule has 0 aliphatic rings. The van der Waals surface area contributed by atoms with Gasteiger partial charge in [0.1, 0.15) is 0 Å². The van der Waals surface area contributed by atoms with Crippen LogP contribution in [0.4, 0.5) is 0 Å². The average molecular weight is 112 g/mol. The molecular weight excluding hydrogens is 100 g/mol. The summed E-state index contributed by atoms with van der Waals surface area (Å²) in [4.78, 5) is 0. The monoisotopic (exact) mass is 112 g/mol. The fourth-order valence-corrected chi connectivity index (χ4v) is 0.357. The number of rotatable bonds is 2. The molecule has 0 spiro atoms. The lowest BCUT2D eigenvalue weighted by atomic mass is 10.2. The van der Waals surface area contributed by atoms with Crippen LogP contribution in [0.5, 0.6) is 0 Å². The summed E-state index contributed by atoms with van der Waals surface area (Å²) in [6.45, 7) is 7.20. The number of hydrogen-bond donors (Lipinski definition) is 1. The maximum Gasteiger partial charge on any atom is 0.0926 e. The molecule has 0 heterocycles. The van der Waals surface area contributed by atoms with Gasteiger partial charge >= 0.3 is 0 Å². The van der Waals surface area contributed by atoms with Crippen LogP contribution in [-0.2, 0) is 0 Å². The van der Waals surface area contributed by atoms with Crippen molar-refractivity contribution in [2.75, 3.05) is 0 Å². The van der Waals surface area contributed by atoms with E-state index in [0.717, 1.165) is 5.57 Å². The Morgan fingerprint density at radius 3 is 2.38 bits per heavy atom. The highest BCUT2D eigenvalue weighted by Crippen LogP contribution is 1.99. The maximum atomic E-state index is 8.94. The molecule has 46 valence electrons. The van der Waals surface area contributed by atoms with Gasteiger partial charge < -0.3 is 5.11 Å². The lowest BCUT2D eigenvalue weighted by molar-refractivity contribution is 0.259. The third-order valence-electron chi connectivity index (χ3n) is 1.15. The van der Waals surface area contributed by atoms with Crippen molar-refractivity contribution in [2.24, 2.45) is 0 Å². The van der Waals surface area contributed by atoms with Crippen LogP contribution in [0, 0.1) is 0 Å². The van der Waals surface area contributed by atoms with Gasteiger partial charge in [0.25, 0.3) is 0 Å². The van der Waals surface area contributed by atoms with Crippen LogP contribution in [0.1, 0.15) is 13.8 Å². The lowest BCUT2D eigenvalue weighted by Gasteiger charge is -2.01. The van der Waals surface area contributed by atoms with E-state index in [1.165, 1.54) is 6.08 Å². The van der Waals surface area contributed by atoms with Crippen molar-refractivity contribution in [1.82, 2.24) is 0 Å². The molecule has 1 heteroatoms. The second kappa shape index (κ2) is 3.44. The predicted octanol–water partition coefficient (Wildman–Crippen LogP) is 1.50. The third-order valence-corrected chi connectivity index (χ3v) is 1.15. The Hall–Kier alpha value is -0.560. The van der Waals surface area contributed by atoms with Crippen LogP contribution in [0.3, 0.4) is 0 Å². The molecule has 1 unspecified atom stereocenters. The average Bonchev–Trinajstić information content (AvgIpc) is 1.84. The van der Waals surface area contributed by atoms with E-state index >= 15 is 0 Å². The Balaban J connectivity index is 3.81. The van der Waals surface area contributed by atoms with Gasteiger partial charge in [-0.05, 0) is 19.4 Å². The maximum absolute atomic E-state index is 8.94. The minimum absolute atomic E-state index is 0.458. The number of hydrogen-bond acceptors (Lipinski definition) is 1. The second-order valence-electron chi connectivity index (χ2n) is 1.71. The predicted molar refractivity (Wildman–Crippen MR) is 35.6 cm³/mol. The molecule has 0 aromatic rings. The molecule has 0 fully saturated rings. The van der Waals surface area contributed by atoms with Gasteiger partial charge in [0, 0.05) is 0 Å². The van der Waals surface area contributed by atoms with E-state index in [1.807, 2.05) is 19.9 Å². The summed E-state index contributed by atoms with van der Waals surface area (Å²) < 4.78 is 0. The van der Waals surface area contributed by atoms with Crippen molar-refractivity contribution < 1.29 is 5.11 Å². The summed E-state index contributed by atoms with van der Waals surface area (Å²) in [6.07, 6.45) is 2.92. The summed E-state index contributed by atoms with van der Waals surface area (Å²) in [5.41, 5.74) is 0.944. The Labute approximate surface area is 50.3 Å². The Kier molecular flexibility index (Phi) is 3.20. The number of allylic oxidation sites excluding steroid dienone is 1. The van der Waals surface area contributed by atoms with E-state index < -0.39 is 6.10 Å².